The maximum atomic E-state index is 13.7. The van der Waals surface area contributed by atoms with Gasteiger partial charge in [-0.25, -0.2) is 14.2 Å². The zero-order chi connectivity index (χ0) is 16.7. The Morgan fingerprint density at radius 3 is 2.83 bits per heavy atom. The SMILES string of the molecule is COC(=O)C1=C(C)N=C2S[C@@H](C)C(=O)N2[C@@H]1c1cccc(F)c1. The van der Waals surface area contributed by atoms with E-state index < -0.39 is 17.8 Å². The Hall–Kier alpha value is -2.15. The summed E-state index contributed by atoms with van der Waals surface area (Å²) in [6, 6.07) is 5.16. The molecule has 1 fully saturated rings. The molecule has 0 aromatic heterocycles. The molecule has 0 aliphatic carbocycles. The third-order valence-electron chi connectivity index (χ3n) is 3.83. The number of nitrogens with zero attached hydrogens (tertiary/aromatic N) is 2. The molecule has 5 nitrogen and oxygen atoms in total. The third kappa shape index (κ3) is 2.55. The number of rotatable bonds is 2. The first-order chi connectivity index (χ1) is 10.9. The Morgan fingerprint density at radius 2 is 2.17 bits per heavy atom. The number of methoxy groups -OCH3 is 1. The Bertz CT molecular complexity index is 759. The molecule has 2 heterocycles. The zero-order valence-electron chi connectivity index (χ0n) is 12.9. The molecule has 3 rings (SSSR count). The Morgan fingerprint density at radius 1 is 1.43 bits per heavy atom. The van der Waals surface area contributed by atoms with Crippen LogP contribution in [0.2, 0.25) is 0 Å². The van der Waals surface area contributed by atoms with Crippen molar-refractivity contribution in [2.45, 2.75) is 25.1 Å². The molecular formula is C16H15FN2O3S. The van der Waals surface area contributed by atoms with E-state index in [1.165, 1.54) is 35.9 Å². The van der Waals surface area contributed by atoms with Crippen LogP contribution in [0.5, 0.6) is 0 Å². The number of ether oxygens (including phenoxy) is 1. The number of aliphatic imine (C=N–C) groups is 1. The molecule has 0 unspecified atom stereocenters. The second-order valence-electron chi connectivity index (χ2n) is 5.31. The van der Waals surface area contributed by atoms with Gasteiger partial charge in [0.2, 0.25) is 5.91 Å². The van der Waals surface area contributed by atoms with E-state index in [0.29, 0.717) is 16.4 Å². The first kappa shape index (κ1) is 15.7. The van der Waals surface area contributed by atoms with E-state index in [1.54, 1.807) is 26.0 Å². The van der Waals surface area contributed by atoms with Gasteiger partial charge in [-0.15, -0.1) is 0 Å². The van der Waals surface area contributed by atoms with Gasteiger partial charge < -0.3 is 4.74 Å². The highest BCUT2D eigenvalue weighted by molar-refractivity contribution is 8.15. The normalized spacial score (nSPS) is 23.7. The van der Waals surface area contributed by atoms with Gasteiger partial charge in [0.05, 0.1) is 29.7 Å². The molecule has 2 atom stereocenters. The van der Waals surface area contributed by atoms with Gasteiger partial charge in [0.25, 0.3) is 0 Å². The maximum Gasteiger partial charge on any atom is 0.338 e. The summed E-state index contributed by atoms with van der Waals surface area (Å²) < 4.78 is 18.5. The van der Waals surface area contributed by atoms with Crippen LogP contribution in [0.4, 0.5) is 4.39 Å². The minimum atomic E-state index is -0.726. The molecule has 120 valence electrons. The van der Waals surface area contributed by atoms with E-state index in [-0.39, 0.29) is 16.7 Å². The first-order valence-corrected chi connectivity index (χ1v) is 7.95. The van der Waals surface area contributed by atoms with Crippen LogP contribution in [-0.4, -0.2) is 34.3 Å². The molecule has 0 bridgehead atoms. The van der Waals surface area contributed by atoms with Crippen LogP contribution in [0, 0.1) is 5.82 Å². The van der Waals surface area contributed by atoms with Crippen molar-refractivity contribution in [2.75, 3.05) is 7.11 Å². The van der Waals surface area contributed by atoms with E-state index in [4.69, 9.17) is 4.74 Å². The van der Waals surface area contributed by atoms with Crippen molar-refractivity contribution < 1.29 is 18.7 Å². The van der Waals surface area contributed by atoms with Crippen LogP contribution < -0.4 is 0 Å². The van der Waals surface area contributed by atoms with Crippen molar-refractivity contribution in [2.24, 2.45) is 4.99 Å². The molecule has 2 aliphatic rings. The summed E-state index contributed by atoms with van der Waals surface area (Å²) >= 11 is 1.33. The van der Waals surface area contributed by atoms with Crippen LogP contribution >= 0.6 is 11.8 Å². The number of carbonyl (C=O) groups excluding carboxylic acids is 2. The second kappa shape index (κ2) is 5.81. The second-order valence-corrected chi connectivity index (χ2v) is 6.62. The highest BCUT2D eigenvalue weighted by Crippen LogP contribution is 2.43. The van der Waals surface area contributed by atoms with E-state index in [0.717, 1.165) is 0 Å². The van der Waals surface area contributed by atoms with Gasteiger partial charge in [-0.2, -0.15) is 0 Å². The highest BCUT2D eigenvalue weighted by atomic mass is 32.2. The van der Waals surface area contributed by atoms with Gasteiger partial charge >= 0.3 is 5.97 Å². The van der Waals surface area contributed by atoms with Crippen molar-refractivity contribution in [1.29, 1.82) is 0 Å². The lowest BCUT2D eigenvalue weighted by molar-refractivity contribution is -0.137. The number of fused-ring (bicyclic) bond motifs is 1. The van der Waals surface area contributed by atoms with E-state index >= 15 is 0 Å². The summed E-state index contributed by atoms with van der Waals surface area (Å²) in [7, 11) is 1.27. The van der Waals surface area contributed by atoms with Gasteiger partial charge in [-0.05, 0) is 31.5 Å². The standard InChI is InChI=1S/C16H15FN2O3S/c1-8-12(15(21)22-3)13(10-5-4-6-11(17)7-10)19-14(20)9(2)23-16(19)18-8/h4-7,9,13H,1-3H3/t9-,13+/m0/s1. The molecule has 2 aliphatic heterocycles. The molecule has 1 saturated heterocycles. The lowest BCUT2D eigenvalue weighted by atomic mass is 9.94. The number of thioether (sulfide) groups is 1. The smallest absolute Gasteiger partial charge is 0.338 e. The maximum absolute atomic E-state index is 13.7. The van der Waals surface area contributed by atoms with Crippen LogP contribution in [0.15, 0.2) is 40.5 Å². The Balaban J connectivity index is 2.19. The highest BCUT2D eigenvalue weighted by Gasteiger charge is 2.46. The molecular weight excluding hydrogens is 319 g/mol. The van der Waals surface area contributed by atoms with Crippen molar-refractivity contribution >= 4 is 28.8 Å². The minimum absolute atomic E-state index is 0.156. The summed E-state index contributed by atoms with van der Waals surface area (Å²) in [6.07, 6.45) is 0. The van der Waals surface area contributed by atoms with E-state index in [2.05, 4.69) is 4.99 Å². The number of amidine groups is 1. The third-order valence-corrected chi connectivity index (χ3v) is 4.88. The molecule has 1 amide bonds. The predicted octanol–water partition coefficient (Wildman–Crippen LogP) is 2.65. The largest absolute Gasteiger partial charge is 0.466 e. The molecule has 23 heavy (non-hydrogen) atoms. The van der Waals surface area contributed by atoms with E-state index in [1.807, 2.05) is 0 Å². The number of halogens is 1. The minimum Gasteiger partial charge on any atom is -0.466 e. The fourth-order valence-corrected chi connectivity index (χ4v) is 3.79. The van der Waals surface area contributed by atoms with Crippen LogP contribution in [-0.2, 0) is 14.3 Å². The lowest BCUT2D eigenvalue weighted by Crippen LogP contribution is -2.40. The van der Waals surface area contributed by atoms with Gasteiger partial charge in [0, 0.05) is 0 Å². The summed E-state index contributed by atoms with van der Waals surface area (Å²) in [5.74, 6) is -1.16. The van der Waals surface area contributed by atoms with Crippen LogP contribution in [0.25, 0.3) is 0 Å². The monoisotopic (exact) mass is 334 g/mol. The summed E-state index contributed by atoms with van der Waals surface area (Å²) in [6.45, 7) is 3.47. The predicted molar refractivity (Wildman–Crippen MR) is 85.2 cm³/mol. The quantitative estimate of drug-likeness (QED) is 0.780. The number of hydrogen-bond acceptors (Lipinski definition) is 5. The fourth-order valence-electron chi connectivity index (χ4n) is 2.77. The van der Waals surface area contributed by atoms with Crippen molar-refractivity contribution in [3.63, 3.8) is 0 Å². The zero-order valence-corrected chi connectivity index (χ0v) is 13.7. The summed E-state index contributed by atoms with van der Waals surface area (Å²) in [5, 5.41) is 0.233. The van der Waals surface area contributed by atoms with Crippen molar-refractivity contribution in [3.8, 4) is 0 Å². The summed E-state index contributed by atoms with van der Waals surface area (Å²) in [4.78, 5) is 30.6. The van der Waals surface area contributed by atoms with Gasteiger partial charge in [-0.3, -0.25) is 9.69 Å². The number of allylic oxidation sites excluding steroid dienone is 1. The lowest BCUT2D eigenvalue weighted by Gasteiger charge is -2.32. The molecule has 0 N–H and O–H groups in total. The Kier molecular flexibility index (Phi) is 3.97. The molecule has 0 spiro atoms. The molecule has 1 aromatic rings. The molecule has 0 saturated carbocycles. The Labute approximate surface area is 137 Å². The fraction of sp³-hybridized carbons (Fsp3) is 0.312. The van der Waals surface area contributed by atoms with Crippen molar-refractivity contribution in [3.05, 3.63) is 46.9 Å². The van der Waals surface area contributed by atoms with Gasteiger partial charge in [0.1, 0.15) is 5.82 Å². The number of carbonyl (C=O) groups is 2. The molecule has 1 aromatic carbocycles. The van der Waals surface area contributed by atoms with Crippen molar-refractivity contribution in [1.82, 2.24) is 4.90 Å². The van der Waals surface area contributed by atoms with E-state index in [9.17, 15) is 14.0 Å². The van der Waals surface area contributed by atoms with Crippen LogP contribution in [0.3, 0.4) is 0 Å². The molecule has 0 radical (unpaired) electrons. The first-order valence-electron chi connectivity index (χ1n) is 7.07. The molecule has 7 heteroatoms. The average Bonchev–Trinajstić information content (AvgIpc) is 2.79. The number of esters is 1. The van der Waals surface area contributed by atoms with Gasteiger partial charge in [-0.1, -0.05) is 23.9 Å². The number of amides is 1. The van der Waals surface area contributed by atoms with Gasteiger partial charge in [0.15, 0.2) is 5.17 Å². The average molecular weight is 334 g/mol. The number of benzene rings is 1. The summed E-state index contributed by atoms with van der Waals surface area (Å²) in [5.41, 5.74) is 1.25. The topological polar surface area (TPSA) is 59.0 Å². The number of hydrogen-bond donors (Lipinski definition) is 0. The van der Waals surface area contributed by atoms with Crippen LogP contribution in [0.1, 0.15) is 25.5 Å².